The van der Waals surface area contributed by atoms with E-state index in [1.807, 2.05) is 19.9 Å². The average Bonchev–Trinajstić information content (AvgIpc) is 2.43. The van der Waals surface area contributed by atoms with Crippen LogP contribution in [-0.2, 0) is 6.54 Å². The molecule has 0 heterocycles. The smallest absolute Gasteiger partial charge is 0.161 e. The van der Waals surface area contributed by atoms with Gasteiger partial charge in [0.25, 0.3) is 0 Å². The molecule has 0 fully saturated rings. The van der Waals surface area contributed by atoms with Crippen LogP contribution in [0.3, 0.4) is 0 Å². The van der Waals surface area contributed by atoms with Crippen molar-refractivity contribution < 1.29 is 17.9 Å². The van der Waals surface area contributed by atoms with Crippen LogP contribution in [0.4, 0.5) is 18.9 Å². The second-order valence-electron chi connectivity index (χ2n) is 4.62. The maximum Gasteiger partial charge on any atom is 0.161 e. The molecule has 0 atom stereocenters. The molecule has 0 aliphatic rings. The van der Waals surface area contributed by atoms with Crippen LogP contribution in [0.5, 0.6) is 5.75 Å². The minimum atomic E-state index is -1.19. The minimum Gasteiger partial charge on any atom is -0.494 e. The van der Waals surface area contributed by atoms with E-state index in [9.17, 15) is 13.2 Å². The molecule has 112 valence electrons. The minimum absolute atomic E-state index is 0.0673. The molecular formula is C16H16F3NO. The van der Waals surface area contributed by atoms with Gasteiger partial charge in [0.05, 0.1) is 6.61 Å². The maximum absolute atomic E-state index is 13.5. The van der Waals surface area contributed by atoms with Crippen LogP contribution >= 0.6 is 0 Å². The normalized spacial score (nSPS) is 10.5. The van der Waals surface area contributed by atoms with E-state index in [0.717, 1.165) is 23.1 Å². The Morgan fingerprint density at radius 2 is 1.71 bits per heavy atom. The fraction of sp³-hybridized carbons (Fsp3) is 0.250. The average molecular weight is 295 g/mol. The molecule has 0 saturated heterocycles. The van der Waals surface area contributed by atoms with Gasteiger partial charge in [0, 0.05) is 23.9 Å². The van der Waals surface area contributed by atoms with Crippen LogP contribution in [-0.4, -0.2) is 6.61 Å². The molecule has 21 heavy (non-hydrogen) atoms. The second-order valence-corrected chi connectivity index (χ2v) is 4.62. The Balaban J connectivity index is 2.11. The summed E-state index contributed by atoms with van der Waals surface area (Å²) in [7, 11) is 0. The first kappa shape index (κ1) is 15.2. The summed E-state index contributed by atoms with van der Waals surface area (Å²) in [4.78, 5) is 0. The van der Waals surface area contributed by atoms with Crippen LogP contribution in [0, 0.1) is 24.4 Å². The Morgan fingerprint density at radius 1 is 1.00 bits per heavy atom. The largest absolute Gasteiger partial charge is 0.494 e. The Kier molecular flexibility index (Phi) is 4.73. The molecule has 1 N–H and O–H groups in total. The predicted octanol–water partition coefficient (Wildman–Crippen LogP) is 4.42. The first-order valence-electron chi connectivity index (χ1n) is 6.62. The molecule has 2 rings (SSSR count). The fourth-order valence-corrected chi connectivity index (χ4v) is 1.98. The Labute approximate surface area is 121 Å². The van der Waals surface area contributed by atoms with Gasteiger partial charge in [-0.3, -0.25) is 0 Å². The third kappa shape index (κ3) is 3.68. The molecule has 0 saturated carbocycles. The zero-order valence-electron chi connectivity index (χ0n) is 11.8. The van der Waals surface area contributed by atoms with Gasteiger partial charge >= 0.3 is 0 Å². The summed E-state index contributed by atoms with van der Waals surface area (Å²) < 4.78 is 44.9. The highest BCUT2D eigenvalue weighted by atomic mass is 19.2. The molecule has 2 aromatic carbocycles. The molecule has 0 aromatic heterocycles. The number of ether oxygens (including phenoxy) is 1. The van der Waals surface area contributed by atoms with Crippen molar-refractivity contribution in [1.29, 1.82) is 0 Å². The summed E-state index contributed by atoms with van der Waals surface area (Å²) >= 11 is 0. The molecule has 2 nitrogen and oxygen atoms in total. The van der Waals surface area contributed by atoms with Crippen LogP contribution < -0.4 is 10.1 Å². The Bertz CT molecular complexity index is 644. The molecule has 0 radical (unpaired) electrons. The van der Waals surface area contributed by atoms with Crippen LogP contribution in [0.1, 0.15) is 18.1 Å². The van der Waals surface area contributed by atoms with Gasteiger partial charge in [0.2, 0.25) is 0 Å². The number of benzene rings is 2. The van der Waals surface area contributed by atoms with E-state index in [1.54, 1.807) is 12.1 Å². The molecule has 0 amide bonds. The van der Waals surface area contributed by atoms with Gasteiger partial charge in [-0.2, -0.15) is 0 Å². The van der Waals surface area contributed by atoms with E-state index in [0.29, 0.717) is 12.7 Å². The highest BCUT2D eigenvalue weighted by Gasteiger charge is 2.10. The number of nitrogens with one attached hydrogen (secondary N) is 1. The highest BCUT2D eigenvalue weighted by molar-refractivity contribution is 5.53. The summed E-state index contributed by atoms with van der Waals surface area (Å²) in [6, 6.07) is 6.87. The van der Waals surface area contributed by atoms with Gasteiger partial charge in [0.1, 0.15) is 11.6 Å². The summed E-state index contributed by atoms with van der Waals surface area (Å²) in [5.74, 6) is -2.27. The van der Waals surface area contributed by atoms with E-state index in [-0.39, 0.29) is 12.1 Å². The van der Waals surface area contributed by atoms with Crippen molar-refractivity contribution in [3.05, 3.63) is 58.9 Å². The maximum atomic E-state index is 13.5. The SMILES string of the molecule is CCOc1ccc(NCc2cc(F)c(F)cc2F)c(C)c1. The lowest BCUT2D eigenvalue weighted by molar-refractivity contribution is 0.340. The molecule has 0 unspecified atom stereocenters. The number of anilines is 1. The number of rotatable bonds is 5. The summed E-state index contributed by atoms with van der Waals surface area (Å²) in [5.41, 5.74) is 1.77. The number of halogens is 3. The first-order chi connectivity index (χ1) is 10.0. The van der Waals surface area contributed by atoms with Gasteiger partial charge in [-0.1, -0.05) is 0 Å². The third-order valence-corrected chi connectivity index (χ3v) is 3.07. The lowest BCUT2D eigenvalue weighted by atomic mass is 10.1. The van der Waals surface area contributed by atoms with E-state index in [1.165, 1.54) is 0 Å². The zero-order valence-corrected chi connectivity index (χ0v) is 11.8. The van der Waals surface area contributed by atoms with Crippen LogP contribution in [0.25, 0.3) is 0 Å². The summed E-state index contributed by atoms with van der Waals surface area (Å²) in [6.07, 6.45) is 0. The summed E-state index contributed by atoms with van der Waals surface area (Å²) in [5, 5.41) is 3.00. The number of hydrogen-bond acceptors (Lipinski definition) is 2. The van der Waals surface area contributed by atoms with Crippen molar-refractivity contribution in [2.24, 2.45) is 0 Å². The lowest BCUT2D eigenvalue weighted by Crippen LogP contribution is -2.05. The van der Waals surface area contributed by atoms with Gasteiger partial charge in [-0.05, 0) is 43.7 Å². The second kappa shape index (κ2) is 6.52. The molecule has 0 spiro atoms. The van der Waals surface area contributed by atoms with Crippen LogP contribution in [0.2, 0.25) is 0 Å². The van der Waals surface area contributed by atoms with Gasteiger partial charge < -0.3 is 10.1 Å². The first-order valence-corrected chi connectivity index (χ1v) is 6.62. The van der Waals surface area contributed by atoms with Crippen molar-refractivity contribution in [2.45, 2.75) is 20.4 Å². The molecule has 5 heteroatoms. The molecule has 0 aliphatic carbocycles. The Morgan fingerprint density at radius 3 is 2.38 bits per heavy atom. The van der Waals surface area contributed by atoms with E-state index in [4.69, 9.17) is 4.74 Å². The van der Waals surface area contributed by atoms with E-state index < -0.39 is 17.5 Å². The predicted molar refractivity (Wildman–Crippen MR) is 76.0 cm³/mol. The molecular weight excluding hydrogens is 279 g/mol. The van der Waals surface area contributed by atoms with E-state index in [2.05, 4.69) is 5.32 Å². The van der Waals surface area contributed by atoms with Crippen molar-refractivity contribution in [2.75, 3.05) is 11.9 Å². The number of hydrogen-bond donors (Lipinski definition) is 1. The molecule has 0 bridgehead atoms. The fourth-order valence-electron chi connectivity index (χ4n) is 1.98. The monoisotopic (exact) mass is 295 g/mol. The number of aryl methyl sites for hydroxylation is 1. The summed E-state index contributed by atoms with van der Waals surface area (Å²) in [6.45, 7) is 4.42. The van der Waals surface area contributed by atoms with E-state index >= 15 is 0 Å². The quantitative estimate of drug-likeness (QED) is 0.824. The zero-order chi connectivity index (χ0) is 15.4. The van der Waals surface area contributed by atoms with Crippen molar-refractivity contribution in [1.82, 2.24) is 0 Å². The topological polar surface area (TPSA) is 21.3 Å². The van der Waals surface area contributed by atoms with Crippen molar-refractivity contribution >= 4 is 5.69 Å². The molecule has 0 aliphatic heterocycles. The van der Waals surface area contributed by atoms with Gasteiger partial charge in [0.15, 0.2) is 11.6 Å². The molecule has 2 aromatic rings. The van der Waals surface area contributed by atoms with Gasteiger partial charge in [-0.15, -0.1) is 0 Å². The third-order valence-electron chi connectivity index (χ3n) is 3.07. The van der Waals surface area contributed by atoms with Crippen molar-refractivity contribution in [3.8, 4) is 5.75 Å². The highest BCUT2D eigenvalue weighted by Crippen LogP contribution is 2.22. The van der Waals surface area contributed by atoms with Crippen LogP contribution in [0.15, 0.2) is 30.3 Å². The van der Waals surface area contributed by atoms with Crippen molar-refractivity contribution in [3.63, 3.8) is 0 Å². The standard InChI is InChI=1S/C16H16F3NO/c1-3-21-12-4-5-16(10(2)6-12)20-9-11-7-14(18)15(19)8-13(11)17/h4-8,20H,3,9H2,1-2H3. The Hall–Kier alpha value is -2.17. The lowest BCUT2D eigenvalue weighted by Gasteiger charge is -2.12. The van der Waals surface area contributed by atoms with Gasteiger partial charge in [-0.25, -0.2) is 13.2 Å².